The Bertz CT molecular complexity index is 876. The Hall–Kier alpha value is -2.41. The lowest BCUT2D eigenvalue weighted by molar-refractivity contribution is -0.120. The van der Waals surface area contributed by atoms with Gasteiger partial charge in [0.05, 0.1) is 11.9 Å². The summed E-state index contributed by atoms with van der Waals surface area (Å²) in [6.45, 7) is 4.29. The van der Waals surface area contributed by atoms with Gasteiger partial charge < -0.3 is 5.32 Å². The molecule has 0 saturated carbocycles. The molecule has 0 aliphatic rings. The third kappa shape index (κ3) is 6.67. The molecule has 5 nitrogen and oxygen atoms in total. The number of nitrogens with one attached hydrogen (secondary N) is 1. The van der Waals surface area contributed by atoms with Crippen LogP contribution in [0, 0.1) is 19.7 Å². The highest BCUT2D eigenvalue weighted by molar-refractivity contribution is 7.92. The van der Waals surface area contributed by atoms with Gasteiger partial charge in [-0.2, -0.15) is 0 Å². The van der Waals surface area contributed by atoms with Gasteiger partial charge in [-0.1, -0.05) is 18.2 Å². The molecule has 2 rings (SSSR count). The molecule has 0 bridgehead atoms. The van der Waals surface area contributed by atoms with Crippen molar-refractivity contribution < 1.29 is 17.6 Å². The Kier molecular flexibility index (Phi) is 6.96. The fraction of sp³-hybridized carbons (Fsp3) is 0.350. The summed E-state index contributed by atoms with van der Waals surface area (Å²) in [4.78, 5) is 12.1. The van der Waals surface area contributed by atoms with Gasteiger partial charge in [0.2, 0.25) is 15.9 Å². The fourth-order valence-corrected chi connectivity index (χ4v) is 3.78. The Morgan fingerprint density at radius 2 is 1.67 bits per heavy atom. The fourth-order valence-electron chi connectivity index (χ4n) is 2.87. The minimum absolute atomic E-state index is 0.0590. The van der Waals surface area contributed by atoms with Crippen molar-refractivity contribution in [2.75, 3.05) is 23.7 Å². The predicted octanol–water partition coefficient (Wildman–Crippen LogP) is 2.96. The van der Waals surface area contributed by atoms with E-state index in [4.69, 9.17) is 0 Å². The molecule has 7 heteroatoms. The number of anilines is 1. The monoisotopic (exact) mass is 392 g/mol. The Morgan fingerprint density at radius 3 is 2.22 bits per heavy atom. The van der Waals surface area contributed by atoms with Crippen molar-refractivity contribution in [1.82, 2.24) is 5.32 Å². The summed E-state index contributed by atoms with van der Waals surface area (Å²) < 4.78 is 38.4. The van der Waals surface area contributed by atoms with Crippen LogP contribution in [0.5, 0.6) is 0 Å². The van der Waals surface area contributed by atoms with E-state index in [0.29, 0.717) is 18.7 Å². The molecule has 27 heavy (non-hydrogen) atoms. The van der Waals surface area contributed by atoms with Crippen LogP contribution in [0.15, 0.2) is 42.5 Å². The molecule has 1 N–H and O–H groups in total. The van der Waals surface area contributed by atoms with Gasteiger partial charge in [0.25, 0.3) is 0 Å². The van der Waals surface area contributed by atoms with E-state index in [1.165, 1.54) is 16.4 Å². The first-order valence-electron chi connectivity index (χ1n) is 8.72. The van der Waals surface area contributed by atoms with Gasteiger partial charge in [-0.25, -0.2) is 12.8 Å². The molecule has 0 aliphatic carbocycles. The number of hydrogen-bond donors (Lipinski definition) is 1. The zero-order chi connectivity index (χ0) is 20.0. The summed E-state index contributed by atoms with van der Waals surface area (Å²) in [5, 5.41) is 2.77. The normalized spacial score (nSPS) is 11.3. The number of sulfonamides is 1. The van der Waals surface area contributed by atoms with E-state index in [2.05, 4.69) is 5.32 Å². The average Bonchev–Trinajstić information content (AvgIpc) is 2.55. The SMILES string of the molecule is Cc1cc(C)cc(N(CCC(=O)NCCc2ccc(F)cc2)S(C)(=O)=O)c1. The highest BCUT2D eigenvalue weighted by Gasteiger charge is 2.19. The number of carbonyl (C=O) groups excluding carboxylic acids is 1. The van der Waals surface area contributed by atoms with E-state index >= 15 is 0 Å². The third-order valence-corrected chi connectivity index (χ3v) is 5.28. The van der Waals surface area contributed by atoms with E-state index < -0.39 is 10.0 Å². The molecule has 2 aromatic carbocycles. The number of benzene rings is 2. The minimum Gasteiger partial charge on any atom is -0.356 e. The van der Waals surface area contributed by atoms with Gasteiger partial charge in [0.15, 0.2) is 0 Å². The van der Waals surface area contributed by atoms with Gasteiger partial charge >= 0.3 is 0 Å². The molecule has 0 unspecified atom stereocenters. The second-order valence-corrected chi connectivity index (χ2v) is 8.56. The number of halogens is 1. The van der Waals surface area contributed by atoms with Crippen LogP contribution in [-0.4, -0.2) is 33.7 Å². The van der Waals surface area contributed by atoms with E-state index in [1.54, 1.807) is 24.3 Å². The van der Waals surface area contributed by atoms with Crippen molar-refractivity contribution >= 4 is 21.6 Å². The summed E-state index contributed by atoms with van der Waals surface area (Å²) in [7, 11) is -3.50. The Balaban J connectivity index is 1.92. The van der Waals surface area contributed by atoms with Crippen molar-refractivity contribution in [3.05, 3.63) is 65.0 Å². The molecule has 0 heterocycles. The maximum absolute atomic E-state index is 12.9. The molecule has 0 aliphatic heterocycles. The van der Waals surface area contributed by atoms with Gasteiger partial charge in [0, 0.05) is 19.5 Å². The lowest BCUT2D eigenvalue weighted by Crippen LogP contribution is -2.35. The number of hydrogen-bond acceptors (Lipinski definition) is 3. The van der Waals surface area contributed by atoms with Crippen LogP contribution < -0.4 is 9.62 Å². The second kappa shape index (κ2) is 8.99. The molecule has 146 valence electrons. The van der Waals surface area contributed by atoms with Crippen LogP contribution >= 0.6 is 0 Å². The van der Waals surface area contributed by atoms with Gasteiger partial charge in [-0.05, 0) is 61.2 Å². The van der Waals surface area contributed by atoms with Crippen LogP contribution in [0.2, 0.25) is 0 Å². The summed E-state index contributed by atoms with van der Waals surface area (Å²) in [6, 6.07) is 11.7. The topological polar surface area (TPSA) is 66.5 Å². The number of amides is 1. The van der Waals surface area contributed by atoms with Crippen LogP contribution in [0.25, 0.3) is 0 Å². The van der Waals surface area contributed by atoms with E-state index in [9.17, 15) is 17.6 Å². The third-order valence-electron chi connectivity index (χ3n) is 4.09. The molecule has 0 radical (unpaired) electrons. The average molecular weight is 392 g/mol. The maximum atomic E-state index is 12.9. The molecule has 0 fully saturated rings. The van der Waals surface area contributed by atoms with Crippen molar-refractivity contribution in [3.63, 3.8) is 0 Å². The smallest absolute Gasteiger partial charge is 0.232 e. The van der Waals surface area contributed by atoms with Gasteiger partial charge in [0.1, 0.15) is 5.82 Å². The second-order valence-electron chi connectivity index (χ2n) is 6.66. The molecule has 1 amide bonds. The van der Waals surface area contributed by atoms with Crippen molar-refractivity contribution in [3.8, 4) is 0 Å². The molecule has 0 spiro atoms. The summed E-state index contributed by atoms with van der Waals surface area (Å²) in [5.41, 5.74) is 3.41. The predicted molar refractivity (Wildman–Crippen MR) is 106 cm³/mol. The zero-order valence-electron chi connectivity index (χ0n) is 15.8. The number of carbonyl (C=O) groups is 1. The molecule has 0 aromatic heterocycles. The van der Waals surface area contributed by atoms with E-state index in [-0.39, 0.29) is 24.7 Å². The van der Waals surface area contributed by atoms with E-state index in [0.717, 1.165) is 22.9 Å². The van der Waals surface area contributed by atoms with Gasteiger partial charge in [-0.15, -0.1) is 0 Å². The largest absolute Gasteiger partial charge is 0.356 e. The molecule has 0 saturated heterocycles. The van der Waals surface area contributed by atoms with Crippen LogP contribution in [0.1, 0.15) is 23.1 Å². The summed E-state index contributed by atoms with van der Waals surface area (Å²) >= 11 is 0. The van der Waals surface area contributed by atoms with Gasteiger partial charge in [-0.3, -0.25) is 9.10 Å². The highest BCUT2D eigenvalue weighted by Crippen LogP contribution is 2.21. The Labute approximate surface area is 160 Å². The van der Waals surface area contributed by atoms with Crippen LogP contribution in [0.3, 0.4) is 0 Å². The van der Waals surface area contributed by atoms with Crippen molar-refractivity contribution in [1.29, 1.82) is 0 Å². The Morgan fingerprint density at radius 1 is 1.07 bits per heavy atom. The van der Waals surface area contributed by atoms with Crippen LogP contribution in [-0.2, 0) is 21.2 Å². The maximum Gasteiger partial charge on any atom is 0.232 e. The number of aryl methyl sites for hydroxylation is 2. The van der Waals surface area contributed by atoms with Crippen molar-refractivity contribution in [2.24, 2.45) is 0 Å². The first-order valence-corrected chi connectivity index (χ1v) is 10.6. The molecular formula is C20H25FN2O3S. The minimum atomic E-state index is -3.50. The molecular weight excluding hydrogens is 367 g/mol. The molecule has 2 aromatic rings. The highest BCUT2D eigenvalue weighted by atomic mass is 32.2. The lowest BCUT2D eigenvalue weighted by Gasteiger charge is -2.23. The van der Waals surface area contributed by atoms with E-state index in [1.807, 2.05) is 19.9 Å². The number of rotatable bonds is 8. The number of nitrogens with zero attached hydrogens (tertiary/aromatic N) is 1. The summed E-state index contributed by atoms with van der Waals surface area (Å²) in [5.74, 6) is -0.523. The first kappa shape index (κ1) is 20.9. The summed E-state index contributed by atoms with van der Waals surface area (Å²) in [6.07, 6.45) is 1.78. The zero-order valence-corrected chi connectivity index (χ0v) is 16.6. The quantitative estimate of drug-likeness (QED) is 0.751. The molecule has 0 atom stereocenters. The first-order chi connectivity index (χ1) is 12.6. The van der Waals surface area contributed by atoms with Crippen molar-refractivity contribution in [2.45, 2.75) is 26.7 Å². The standard InChI is InChI=1S/C20H25FN2O3S/c1-15-12-16(2)14-19(13-15)23(27(3,25)26)11-9-20(24)22-10-8-17-4-6-18(21)7-5-17/h4-7,12-14H,8-11H2,1-3H3,(H,22,24). The lowest BCUT2D eigenvalue weighted by atomic mass is 10.1. The van der Waals surface area contributed by atoms with Crippen LogP contribution in [0.4, 0.5) is 10.1 Å².